The molecule has 0 aliphatic heterocycles. The summed E-state index contributed by atoms with van der Waals surface area (Å²) in [6.07, 6.45) is 5.19. The van der Waals surface area contributed by atoms with Crippen LogP contribution in [0.4, 0.5) is 8.78 Å². The van der Waals surface area contributed by atoms with Gasteiger partial charge >= 0.3 is 6.61 Å². The molecule has 4 heteroatoms. The highest BCUT2D eigenvalue weighted by Crippen LogP contribution is 2.24. The van der Waals surface area contributed by atoms with Crippen LogP contribution in [0.2, 0.25) is 0 Å². The Morgan fingerprint density at radius 3 is 2.67 bits per heavy atom. The lowest BCUT2D eigenvalue weighted by molar-refractivity contribution is -0.0505. The van der Waals surface area contributed by atoms with E-state index in [9.17, 15) is 8.78 Å². The van der Waals surface area contributed by atoms with E-state index in [1.165, 1.54) is 25.7 Å². The van der Waals surface area contributed by atoms with Crippen molar-refractivity contribution in [1.82, 2.24) is 5.32 Å². The molecule has 1 aliphatic rings. The zero-order valence-corrected chi connectivity index (χ0v) is 10.4. The van der Waals surface area contributed by atoms with Gasteiger partial charge < -0.3 is 10.1 Å². The van der Waals surface area contributed by atoms with E-state index in [4.69, 9.17) is 0 Å². The fraction of sp³-hybridized carbons (Fsp3) is 0.571. The lowest BCUT2D eigenvalue weighted by Gasteiger charge is -2.13. The molecule has 100 valence electrons. The minimum absolute atomic E-state index is 0.270. The Bertz CT molecular complexity index is 365. The fourth-order valence-electron chi connectivity index (χ4n) is 2.49. The Balaban J connectivity index is 1.83. The Morgan fingerprint density at radius 1 is 1.22 bits per heavy atom. The summed E-state index contributed by atoms with van der Waals surface area (Å²) in [6.45, 7) is -1.22. The number of nitrogens with one attached hydrogen (secondary N) is 1. The number of rotatable bonds is 6. The van der Waals surface area contributed by atoms with Crippen molar-refractivity contribution in [2.45, 2.75) is 38.8 Å². The molecule has 1 fully saturated rings. The van der Waals surface area contributed by atoms with Crippen LogP contribution in [0.25, 0.3) is 0 Å². The molecule has 0 bridgehead atoms. The first-order valence-electron chi connectivity index (χ1n) is 6.49. The maximum Gasteiger partial charge on any atom is 0.387 e. The average Bonchev–Trinajstić information content (AvgIpc) is 2.84. The van der Waals surface area contributed by atoms with Crippen LogP contribution >= 0.6 is 0 Å². The number of hydrogen-bond donors (Lipinski definition) is 1. The summed E-state index contributed by atoms with van der Waals surface area (Å²) in [5.74, 6) is 1.01. The quantitative estimate of drug-likeness (QED) is 0.839. The molecular weight excluding hydrogens is 236 g/mol. The summed E-state index contributed by atoms with van der Waals surface area (Å²) < 4.78 is 28.9. The van der Waals surface area contributed by atoms with Crippen LogP contribution in [0.15, 0.2) is 24.3 Å². The Hall–Kier alpha value is -1.16. The molecule has 1 N–H and O–H groups in total. The summed E-state index contributed by atoms with van der Waals surface area (Å²) in [6, 6.07) is 6.95. The van der Waals surface area contributed by atoms with Crippen molar-refractivity contribution in [3.05, 3.63) is 29.8 Å². The van der Waals surface area contributed by atoms with E-state index < -0.39 is 6.61 Å². The third-order valence-electron chi connectivity index (χ3n) is 3.41. The predicted molar refractivity (Wildman–Crippen MR) is 66.7 cm³/mol. The van der Waals surface area contributed by atoms with Gasteiger partial charge in [0.15, 0.2) is 0 Å². The number of para-hydroxylation sites is 1. The number of ether oxygens (including phenoxy) is 1. The highest BCUT2D eigenvalue weighted by Gasteiger charge is 2.14. The topological polar surface area (TPSA) is 21.3 Å². The van der Waals surface area contributed by atoms with E-state index in [-0.39, 0.29) is 5.75 Å². The third-order valence-corrected chi connectivity index (χ3v) is 3.41. The highest BCUT2D eigenvalue weighted by atomic mass is 19.3. The van der Waals surface area contributed by atoms with Crippen molar-refractivity contribution in [3.63, 3.8) is 0 Å². The second kappa shape index (κ2) is 6.69. The number of alkyl halides is 2. The van der Waals surface area contributed by atoms with Crippen LogP contribution in [-0.2, 0) is 6.54 Å². The van der Waals surface area contributed by atoms with Gasteiger partial charge in [0, 0.05) is 12.1 Å². The van der Waals surface area contributed by atoms with Gasteiger partial charge in [-0.05, 0) is 31.4 Å². The maximum atomic E-state index is 12.2. The molecule has 0 spiro atoms. The van der Waals surface area contributed by atoms with Crippen LogP contribution in [0.1, 0.15) is 31.2 Å². The Morgan fingerprint density at radius 2 is 1.94 bits per heavy atom. The van der Waals surface area contributed by atoms with E-state index in [1.54, 1.807) is 12.1 Å². The van der Waals surface area contributed by atoms with Crippen molar-refractivity contribution in [2.75, 3.05) is 6.54 Å². The van der Waals surface area contributed by atoms with Gasteiger partial charge in [0.25, 0.3) is 0 Å². The summed E-state index contributed by atoms with van der Waals surface area (Å²) >= 11 is 0. The highest BCUT2D eigenvalue weighted by molar-refractivity contribution is 5.33. The lowest BCUT2D eigenvalue weighted by Crippen LogP contribution is -2.21. The molecule has 0 amide bonds. The Labute approximate surface area is 106 Å². The van der Waals surface area contributed by atoms with Crippen molar-refractivity contribution in [2.24, 2.45) is 5.92 Å². The zero-order chi connectivity index (χ0) is 12.8. The predicted octanol–water partition coefficient (Wildman–Crippen LogP) is 3.57. The first-order chi connectivity index (χ1) is 8.75. The number of hydrogen-bond acceptors (Lipinski definition) is 2. The Kier molecular flexibility index (Phi) is 4.93. The number of benzene rings is 1. The van der Waals surface area contributed by atoms with Gasteiger partial charge in [0.1, 0.15) is 5.75 Å². The molecule has 2 nitrogen and oxygen atoms in total. The fourth-order valence-corrected chi connectivity index (χ4v) is 2.49. The molecule has 1 saturated carbocycles. The van der Waals surface area contributed by atoms with Gasteiger partial charge in [-0.3, -0.25) is 0 Å². The molecule has 18 heavy (non-hydrogen) atoms. The smallest absolute Gasteiger partial charge is 0.387 e. The largest absolute Gasteiger partial charge is 0.434 e. The van der Waals surface area contributed by atoms with Crippen LogP contribution in [-0.4, -0.2) is 13.2 Å². The van der Waals surface area contributed by atoms with Crippen LogP contribution in [0.3, 0.4) is 0 Å². The molecule has 0 unspecified atom stereocenters. The van der Waals surface area contributed by atoms with Gasteiger partial charge in [-0.25, -0.2) is 0 Å². The summed E-state index contributed by atoms with van der Waals surface area (Å²) in [5.41, 5.74) is 0.788. The van der Waals surface area contributed by atoms with Crippen LogP contribution in [0, 0.1) is 5.92 Å². The first kappa shape index (κ1) is 13.3. The average molecular weight is 255 g/mol. The van der Waals surface area contributed by atoms with Gasteiger partial charge in [-0.15, -0.1) is 0 Å². The maximum absolute atomic E-state index is 12.2. The van der Waals surface area contributed by atoms with Gasteiger partial charge in [-0.2, -0.15) is 8.78 Å². The molecule has 1 aromatic carbocycles. The third kappa shape index (κ3) is 3.95. The second-order valence-corrected chi connectivity index (χ2v) is 4.77. The second-order valence-electron chi connectivity index (χ2n) is 4.77. The van der Waals surface area contributed by atoms with Gasteiger partial charge in [0.2, 0.25) is 0 Å². The van der Waals surface area contributed by atoms with Crippen LogP contribution < -0.4 is 10.1 Å². The number of halogens is 2. The van der Waals surface area contributed by atoms with E-state index in [1.807, 2.05) is 12.1 Å². The van der Waals surface area contributed by atoms with Crippen molar-refractivity contribution >= 4 is 0 Å². The summed E-state index contributed by atoms with van der Waals surface area (Å²) in [4.78, 5) is 0. The molecule has 0 heterocycles. The minimum Gasteiger partial charge on any atom is -0.434 e. The van der Waals surface area contributed by atoms with Crippen molar-refractivity contribution < 1.29 is 13.5 Å². The molecule has 1 aliphatic carbocycles. The molecule has 0 radical (unpaired) electrons. The molecular formula is C14H19F2NO. The molecule has 0 atom stereocenters. The SMILES string of the molecule is FC(F)Oc1ccccc1CNCC1CCCC1. The van der Waals surface area contributed by atoms with Crippen LogP contribution in [0.5, 0.6) is 5.75 Å². The minimum atomic E-state index is -2.76. The molecule has 0 aromatic heterocycles. The monoisotopic (exact) mass is 255 g/mol. The van der Waals surface area contributed by atoms with E-state index in [0.29, 0.717) is 6.54 Å². The van der Waals surface area contributed by atoms with Gasteiger partial charge in [0.05, 0.1) is 0 Å². The lowest BCUT2D eigenvalue weighted by atomic mass is 10.1. The van der Waals surface area contributed by atoms with Gasteiger partial charge in [-0.1, -0.05) is 31.0 Å². The van der Waals surface area contributed by atoms with E-state index in [2.05, 4.69) is 10.1 Å². The summed E-state index contributed by atoms with van der Waals surface area (Å²) in [7, 11) is 0. The van der Waals surface area contributed by atoms with Crippen molar-refractivity contribution in [1.29, 1.82) is 0 Å². The first-order valence-corrected chi connectivity index (χ1v) is 6.49. The standard InChI is InChI=1S/C14H19F2NO/c15-14(16)18-13-8-4-3-7-12(13)10-17-9-11-5-1-2-6-11/h3-4,7-8,11,14,17H,1-2,5-6,9-10H2. The van der Waals surface area contributed by atoms with E-state index in [0.717, 1.165) is 18.0 Å². The normalized spacial score (nSPS) is 16.4. The molecule has 1 aromatic rings. The molecule has 2 rings (SSSR count). The van der Waals surface area contributed by atoms with E-state index >= 15 is 0 Å². The van der Waals surface area contributed by atoms with Crippen molar-refractivity contribution in [3.8, 4) is 5.75 Å². The summed E-state index contributed by atoms with van der Waals surface area (Å²) in [5, 5.41) is 3.33. The molecule has 0 saturated heterocycles. The zero-order valence-electron chi connectivity index (χ0n) is 10.4.